The van der Waals surface area contributed by atoms with Gasteiger partial charge >= 0.3 is 5.97 Å². The molecule has 1 aliphatic carbocycles. The highest BCUT2D eigenvalue weighted by atomic mass is 32.2. The first kappa shape index (κ1) is 25.2. The molecule has 35 heavy (non-hydrogen) atoms. The molecule has 1 aromatic carbocycles. The fraction of sp³-hybridized carbons (Fsp3) is 0.440. The number of esters is 1. The first-order valence-corrected chi connectivity index (χ1v) is 13.2. The number of aromatic nitrogens is 2. The Kier molecular flexibility index (Phi) is 7.23. The molecule has 0 spiro atoms. The second-order valence-electron chi connectivity index (χ2n) is 9.75. The largest absolute Gasteiger partial charge is 0.538 e. The SMILES string of the molecule is COC(=O)c1c(NC(=O)CSc2c([O-])on[n+]2-c2ccc(C)cc2)sc2c1CCC(C(C)(C)C)C2. The van der Waals surface area contributed by atoms with Crippen molar-refractivity contribution in [3.63, 3.8) is 0 Å². The lowest BCUT2D eigenvalue weighted by atomic mass is 9.72. The van der Waals surface area contributed by atoms with Crippen molar-refractivity contribution in [3.05, 3.63) is 45.8 Å². The van der Waals surface area contributed by atoms with Crippen molar-refractivity contribution in [1.29, 1.82) is 0 Å². The molecular weight excluding hydrogens is 486 g/mol. The second-order valence-corrected chi connectivity index (χ2v) is 11.8. The number of amides is 1. The van der Waals surface area contributed by atoms with Gasteiger partial charge in [-0.3, -0.25) is 4.79 Å². The molecule has 1 aliphatic rings. The predicted octanol–water partition coefficient (Wildman–Crippen LogP) is 4.06. The van der Waals surface area contributed by atoms with Crippen molar-refractivity contribution in [3.8, 4) is 11.6 Å². The summed E-state index contributed by atoms with van der Waals surface area (Å²) in [5.41, 5.74) is 3.32. The minimum Gasteiger partial charge on any atom is -0.538 e. The molecule has 10 heteroatoms. The summed E-state index contributed by atoms with van der Waals surface area (Å²) in [7, 11) is 1.35. The number of benzene rings is 1. The molecule has 1 N–H and O–H groups in total. The number of methoxy groups -OCH3 is 1. The van der Waals surface area contributed by atoms with E-state index in [4.69, 9.17) is 9.26 Å². The molecule has 0 saturated heterocycles. The van der Waals surface area contributed by atoms with E-state index >= 15 is 0 Å². The maximum Gasteiger partial charge on any atom is 0.341 e. The number of carbonyl (C=O) groups is 2. The molecule has 1 atom stereocenters. The minimum atomic E-state index is -0.613. The van der Waals surface area contributed by atoms with E-state index in [-0.39, 0.29) is 22.1 Å². The highest BCUT2D eigenvalue weighted by Gasteiger charge is 2.34. The van der Waals surface area contributed by atoms with Gasteiger partial charge < -0.3 is 19.7 Å². The molecule has 2 heterocycles. The smallest absolute Gasteiger partial charge is 0.341 e. The van der Waals surface area contributed by atoms with Gasteiger partial charge in [0.25, 0.3) is 5.03 Å². The van der Waals surface area contributed by atoms with Crippen LogP contribution >= 0.6 is 23.1 Å². The normalized spacial score (nSPS) is 15.5. The van der Waals surface area contributed by atoms with E-state index in [9.17, 15) is 14.7 Å². The summed E-state index contributed by atoms with van der Waals surface area (Å²) in [6, 6.07) is 7.45. The number of rotatable bonds is 6. The fourth-order valence-corrected chi connectivity index (χ4v) is 6.33. The lowest BCUT2D eigenvalue weighted by Gasteiger charge is -2.33. The van der Waals surface area contributed by atoms with Gasteiger partial charge in [0.15, 0.2) is 5.95 Å². The number of hydrogen-bond donors (Lipinski definition) is 1. The molecule has 0 aliphatic heterocycles. The molecule has 0 bridgehead atoms. The number of anilines is 1. The van der Waals surface area contributed by atoms with Crippen molar-refractivity contribution < 1.29 is 28.6 Å². The van der Waals surface area contributed by atoms with Crippen LogP contribution in [0.15, 0.2) is 33.8 Å². The molecule has 0 saturated carbocycles. The number of aryl methyl sites for hydroxylation is 1. The summed E-state index contributed by atoms with van der Waals surface area (Å²) in [5, 5.41) is 19.6. The van der Waals surface area contributed by atoms with E-state index in [2.05, 4.69) is 31.4 Å². The number of nitrogens with zero attached hydrogens (tertiary/aromatic N) is 2. The molecule has 0 radical (unpaired) electrons. The Bertz CT molecular complexity index is 1240. The Morgan fingerprint density at radius 2 is 2.03 bits per heavy atom. The van der Waals surface area contributed by atoms with E-state index in [0.717, 1.165) is 47.0 Å². The Morgan fingerprint density at radius 3 is 2.69 bits per heavy atom. The van der Waals surface area contributed by atoms with Crippen LogP contribution in [0.4, 0.5) is 5.00 Å². The summed E-state index contributed by atoms with van der Waals surface area (Å²) in [4.78, 5) is 26.6. The van der Waals surface area contributed by atoms with Crippen LogP contribution in [0.5, 0.6) is 5.95 Å². The minimum absolute atomic E-state index is 0.0455. The lowest BCUT2D eigenvalue weighted by Crippen LogP contribution is -2.35. The Labute approximate surface area is 212 Å². The van der Waals surface area contributed by atoms with Crippen molar-refractivity contribution in [2.45, 2.75) is 52.0 Å². The van der Waals surface area contributed by atoms with Gasteiger partial charge in [0.05, 0.1) is 23.7 Å². The van der Waals surface area contributed by atoms with Gasteiger partial charge in [-0.15, -0.1) is 11.3 Å². The molecule has 2 aromatic heterocycles. The summed E-state index contributed by atoms with van der Waals surface area (Å²) >= 11 is 2.48. The van der Waals surface area contributed by atoms with Crippen molar-refractivity contribution in [2.24, 2.45) is 11.3 Å². The average Bonchev–Trinajstić information content (AvgIpc) is 3.36. The maximum absolute atomic E-state index is 12.9. The standard InChI is InChI=1S/C25H29N3O5S2/c1-14-6-9-16(10-7-14)28-22(24(31)33-27-28)34-13-19(29)26-21-20(23(30)32-5)17-11-8-15(25(2,3)4)12-18(17)35-21/h6-7,9-10,15H,8,11-13H2,1-5H3,(H-,26,27,29,30,31). The van der Waals surface area contributed by atoms with Crippen LogP contribution in [-0.2, 0) is 22.4 Å². The lowest BCUT2D eigenvalue weighted by molar-refractivity contribution is -0.705. The summed E-state index contributed by atoms with van der Waals surface area (Å²) in [5.74, 6) is -0.936. The van der Waals surface area contributed by atoms with Crippen molar-refractivity contribution in [2.75, 3.05) is 18.2 Å². The third-order valence-corrected chi connectivity index (χ3v) is 8.51. The van der Waals surface area contributed by atoms with E-state index in [1.54, 1.807) is 0 Å². The van der Waals surface area contributed by atoms with E-state index in [0.29, 0.717) is 22.2 Å². The number of carbonyl (C=O) groups excluding carboxylic acids is 2. The molecule has 1 amide bonds. The quantitative estimate of drug-likeness (QED) is 0.300. The molecule has 0 fully saturated rings. The number of nitrogens with one attached hydrogen (secondary N) is 1. The van der Waals surface area contributed by atoms with Gasteiger partial charge in [0, 0.05) is 17.0 Å². The van der Waals surface area contributed by atoms with Gasteiger partial charge in [-0.05, 0) is 59.5 Å². The van der Waals surface area contributed by atoms with E-state index in [1.807, 2.05) is 31.2 Å². The van der Waals surface area contributed by atoms with E-state index in [1.165, 1.54) is 23.1 Å². The first-order chi connectivity index (χ1) is 16.6. The zero-order valence-corrected chi connectivity index (χ0v) is 22.1. The molecule has 3 aromatic rings. The monoisotopic (exact) mass is 515 g/mol. The van der Waals surface area contributed by atoms with Gasteiger partial charge in [0.1, 0.15) is 5.00 Å². The van der Waals surface area contributed by atoms with Gasteiger partial charge in [-0.1, -0.05) is 38.5 Å². The van der Waals surface area contributed by atoms with Crippen LogP contribution in [0.2, 0.25) is 0 Å². The number of hydrogen-bond acceptors (Lipinski definition) is 8. The molecule has 1 unspecified atom stereocenters. The number of ether oxygens (including phenoxy) is 1. The number of fused-ring (bicyclic) bond motifs is 1. The molecule has 186 valence electrons. The van der Waals surface area contributed by atoms with Crippen LogP contribution in [0.3, 0.4) is 0 Å². The van der Waals surface area contributed by atoms with Crippen molar-refractivity contribution in [1.82, 2.24) is 5.27 Å². The molecular formula is C25H29N3O5S2. The number of thioether (sulfide) groups is 1. The van der Waals surface area contributed by atoms with Crippen LogP contribution in [0.25, 0.3) is 5.69 Å². The fourth-order valence-electron chi connectivity index (χ4n) is 4.24. The van der Waals surface area contributed by atoms with Gasteiger partial charge in [-0.25, -0.2) is 4.79 Å². The van der Waals surface area contributed by atoms with Crippen molar-refractivity contribution >= 4 is 40.0 Å². The Morgan fingerprint density at radius 1 is 1.31 bits per heavy atom. The highest BCUT2D eigenvalue weighted by molar-refractivity contribution is 7.99. The summed E-state index contributed by atoms with van der Waals surface area (Å²) in [6.45, 7) is 8.66. The third-order valence-electron chi connectivity index (χ3n) is 6.32. The van der Waals surface area contributed by atoms with E-state index < -0.39 is 11.9 Å². The van der Waals surface area contributed by atoms with Crippen LogP contribution in [0.1, 0.15) is 53.6 Å². The third kappa shape index (κ3) is 5.38. The first-order valence-electron chi connectivity index (χ1n) is 11.4. The Hall–Kier alpha value is -2.85. The number of thiophene rings is 1. The molecule has 4 rings (SSSR count). The maximum atomic E-state index is 12.9. The molecule has 8 nitrogen and oxygen atoms in total. The summed E-state index contributed by atoms with van der Waals surface area (Å²) in [6.07, 6.45) is 2.63. The van der Waals surface area contributed by atoms with Gasteiger partial charge in [0.2, 0.25) is 11.6 Å². The zero-order valence-electron chi connectivity index (χ0n) is 20.5. The van der Waals surface area contributed by atoms with Crippen LogP contribution in [-0.4, -0.2) is 30.0 Å². The second kappa shape index (κ2) is 10.0. The van der Waals surface area contributed by atoms with Crippen LogP contribution in [0, 0.1) is 18.3 Å². The average molecular weight is 516 g/mol. The highest BCUT2D eigenvalue weighted by Crippen LogP contribution is 2.44. The Balaban J connectivity index is 1.51. The summed E-state index contributed by atoms with van der Waals surface area (Å²) < 4.78 is 11.2. The van der Waals surface area contributed by atoms with Crippen LogP contribution < -0.4 is 15.1 Å². The topological polar surface area (TPSA) is 108 Å². The predicted molar refractivity (Wildman–Crippen MR) is 132 cm³/mol. The van der Waals surface area contributed by atoms with Gasteiger partial charge in [-0.2, -0.15) is 0 Å². The zero-order chi connectivity index (χ0) is 25.3.